The van der Waals surface area contributed by atoms with Crippen LogP contribution in [0.25, 0.3) is 10.2 Å². The molecule has 2 heterocycles. The summed E-state index contributed by atoms with van der Waals surface area (Å²) >= 11 is 13.2. The first-order valence-corrected chi connectivity index (χ1v) is 7.15. The van der Waals surface area contributed by atoms with Gasteiger partial charge in [0.1, 0.15) is 4.70 Å². The minimum Gasteiger partial charge on any atom is -0.294 e. The molecule has 0 fully saturated rings. The lowest BCUT2D eigenvalue weighted by molar-refractivity contribution is 0.750. The maximum atomic E-state index is 12.2. The number of hydrogen-bond donors (Lipinski definition) is 0. The van der Waals surface area contributed by atoms with Crippen molar-refractivity contribution in [1.82, 2.24) is 9.55 Å². The van der Waals surface area contributed by atoms with Gasteiger partial charge in [0, 0.05) is 0 Å². The molecule has 0 saturated carbocycles. The van der Waals surface area contributed by atoms with E-state index < -0.39 is 0 Å². The van der Waals surface area contributed by atoms with Crippen molar-refractivity contribution in [3.63, 3.8) is 0 Å². The van der Waals surface area contributed by atoms with Crippen molar-refractivity contribution < 1.29 is 0 Å². The van der Waals surface area contributed by atoms with Crippen LogP contribution in [-0.2, 0) is 6.54 Å². The molecule has 0 amide bonds. The van der Waals surface area contributed by atoms with Gasteiger partial charge in [-0.15, -0.1) is 11.3 Å². The molecule has 2 aromatic heterocycles. The lowest BCUT2D eigenvalue weighted by Crippen LogP contribution is -2.20. The Bertz CT molecular complexity index is 810. The van der Waals surface area contributed by atoms with Gasteiger partial charge in [0.05, 0.1) is 28.4 Å². The van der Waals surface area contributed by atoms with Crippen molar-refractivity contribution in [2.45, 2.75) is 6.54 Å². The molecule has 0 saturated heterocycles. The van der Waals surface area contributed by atoms with E-state index in [1.54, 1.807) is 23.0 Å². The molecule has 3 aromatic rings. The van der Waals surface area contributed by atoms with Crippen LogP contribution < -0.4 is 5.56 Å². The van der Waals surface area contributed by atoms with E-state index in [9.17, 15) is 4.79 Å². The van der Waals surface area contributed by atoms with Crippen molar-refractivity contribution in [1.29, 1.82) is 0 Å². The van der Waals surface area contributed by atoms with Gasteiger partial charge in [-0.1, -0.05) is 29.3 Å². The van der Waals surface area contributed by atoms with Gasteiger partial charge in [-0.25, -0.2) is 4.98 Å². The van der Waals surface area contributed by atoms with Crippen LogP contribution in [0.5, 0.6) is 0 Å². The first-order valence-electron chi connectivity index (χ1n) is 5.52. The van der Waals surface area contributed by atoms with Gasteiger partial charge in [-0.2, -0.15) is 0 Å². The van der Waals surface area contributed by atoms with Crippen LogP contribution >= 0.6 is 34.5 Å². The van der Waals surface area contributed by atoms with Crippen LogP contribution in [0.4, 0.5) is 0 Å². The van der Waals surface area contributed by atoms with Gasteiger partial charge >= 0.3 is 0 Å². The summed E-state index contributed by atoms with van der Waals surface area (Å²) in [6.07, 6.45) is 1.56. The van der Waals surface area contributed by atoms with Crippen LogP contribution in [0, 0.1) is 0 Å². The number of benzene rings is 1. The molecule has 3 nitrogen and oxygen atoms in total. The highest BCUT2D eigenvalue weighted by Gasteiger charge is 2.06. The standard InChI is InChI=1S/C13H8Cl2N2OS/c14-9-2-1-8(5-10(9)15)6-17-7-16-11-3-4-19-12(11)13(17)18/h1-5,7H,6H2. The largest absolute Gasteiger partial charge is 0.294 e. The summed E-state index contributed by atoms with van der Waals surface area (Å²) in [4.78, 5) is 16.5. The first kappa shape index (κ1) is 12.7. The molecule has 0 unspecified atom stereocenters. The second-order valence-electron chi connectivity index (χ2n) is 4.06. The van der Waals surface area contributed by atoms with E-state index in [0.717, 1.165) is 11.1 Å². The van der Waals surface area contributed by atoms with E-state index in [-0.39, 0.29) is 5.56 Å². The molecule has 3 rings (SSSR count). The number of nitrogens with zero attached hydrogens (tertiary/aromatic N) is 2. The lowest BCUT2D eigenvalue weighted by Gasteiger charge is -2.06. The van der Waals surface area contributed by atoms with Crippen molar-refractivity contribution in [3.05, 3.63) is 61.9 Å². The van der Waals surface area contributed by atoms with Crippen molar-refractivity contribution in [2.24, 2.45) is 0 Å². The smallest absolute Gasteiger partial charge is 0.271 e. The minimum atomic E-state index is -0.0360. The Kier molecular flexibility index (Phi) is 3.31. The first-order chi connectivity index (χ1) is 9.15. The highest BCUT2D eigenvalue weighted by molar-refractivity contribution is 7.17. The van der Waals surface area contributed by atoms with Crippen molar-refractivity contribution in [3.8, 4) is 0 Å². The summed E-state index contributed by atoms with van der Waals surface area (Å²) in [6, 6.07) is 7.17. The molecule has 1 aromatic carbocycles. The molecular weight excluding hydrogens is 303 g/mol. The molecular formula is C13H8Cl2N2OS. The zero-order valence-corrected chi connectivity index (χ0v) is 12.0. The summed E-state index contributed by atoms with van der Waals surface area (Å²) in [5, 5.41) is 2.85. The quantitative estimate of drug-likeness (QED) is 0.721. The summed E-state index contributed by atoms with van der Waals surface area (Å²) in [5.74, 6) is 0. The SMILES string of the molecule is O=c1c2sccc2ncn1Cc1ccc(Cl)c(Cl)c1. The molecule has 0 atom stereocenters. The predicted octanol–water partition coefficient (Wildman–Crippen LogP) is 3.81. The third-order valence-corrected chi connectivity index (χ3v) is 4.40. The molecule has 0 aliphatic heterocycles. The number of fused-ring (bicyclic) bond motifs is 1. The van der Waals surface area contributed by atoms with E-state index in [1.807, 2.05) is 17.5 Å². The second-order valence-corrected chi connectivity index (χ2v) is 5.79. The summed E-state index contributed by atoms with van der Waals surface area (Å²) in [7, 11) is 0. The van der Waals surface area contributed by atoms with Gasteiger partial charge in [0.25, 0.3) is 5.56 Å². The molecule has 0 bridgehead atoms. The number of rotatable bonds is 2. The van der Waals surface area contributed by atoms with E-state index in [4.69, 9.17) is 23.2 Å². The van der Waals surface area contributed by atoms with E-state index >= 15 is 0 Å². The summed E-state index contributed by atoms with van der Waals surface area (Å²) in [6.45, 7) is 0.427. The highest BCUT2D eigenvalue weighted by Crippen LogP contribution is 2.23. The zero-order chi connectivity index (χ0) is 13.4. The highest BCUT2D eigenvalue weighted by atomic mass is 35.5. The van der Waals surface area contributed by atoms with E-state index in [0.29, 0.717) is 21.3 Å². The fourth-order valence-electron chi connectivity index (χ4n) is 1.83. The maximum Gasteiger partial charge on any atom is 0.271 e. The third kappa shape index (κ3) is 2.39. The van der Waals surface area contributed by atoms with Gasteiger partial charge < -0.3 is 0 Å². The predicted molar refractivity (Wildman–Crippen MR) is 79.4 cm³/mol. The van der Waals surface area contributed by atoms with Crippen LogP contribution in [0.1, 0.15) is 5.56 Å². The Morgan fingerprint density at radius 3 is 2.84 bits per heavy atom. The maximum absolute atomic E-state index is 12.2. The second kappa shape index (κ2) is 4.96. The van der Waals surface area contributed by atoms with E-state index in [2.05, 4.69) is 4.98 Å². The van der Waals surface area contributed by atoms with Gasteiger partial charge in [0.15, 0.2) is 0 Å². The fraction of sp³-hybridized carbons (Fsp3) is 0.0769. The van der Waals surface area contributed by atoms with Crippen molar-refractivity contribution in [2.75, 3.05) is 0 Å². The molecule has 6 heteroatoms. The molecule has 0 N–H and O–H groups in total. The molecule has 0 aliphatic rings. The number of halogens is 2. The van der Waals surface area contributed by atoms with Crippen LogP contribution in [0.3, 0.4) is 0 Å². The Morgan fingerprint density at radius 2 is 2.05 bits per heavy atom. The monoisotopic (exact) mass is 310 g/mol. The van der Waals surface area contributed by atoms with Crippen LogP contribution in [0.15, 0.2) is 40.8 Å². The molecule has 19 heavy (non-hydrogen) atoms. The fourth-order valence-corrected chi connectivity index (χ4v) is 2.94. The zero-order valence-electron chi connectivity index (χ0n) is 9.64. The van der Waals surface area contributed by atoms with Gasteiger partial charge in [-0.05, 0) is 29.1 Å². The van der Waals surface area contributed by atoms with Gasteiger partial charge in [0.2, 0.25) is 0 Å². The Labute approximate surface area is 123 Å². The van der Waals surface area contributed by atoms with E-state index in [1.165, 1.54) is 11.3 Å². The Hall–Kier alpha value is -1.36. The minimum absolute atomic E-state index is 0.0360. The Morgan fingerprint density at radius 1 is 1.21 bits per heavy atom. The Balaban J connectivity index is 2.03. The number of aromatic nitrogens is 2. The summed E-state index contributed by atoms with van der Waals surface area (Å²) < 4.78 is 2.24. The number of thiophene rings is 1. The molecule has 96 valence electrons. The molecule has 0 spiro atoms. The van der Waals surface area contributed by atoms with Crippen molar-refractivity contribution >= 4 is 44.8 Å². The van der Waals surface area contributed by atoms with Crippen LogP contribution in [-0.4, -0.2) is 9.55 Å². The lowest BCUT2D eigenvalue weighted by atomic mass is 10.2. The normalized spacial score (nSPS) is 11.1. The van der Waals surface area contributed by atoms with Crippen LogP contribution in [0.2, 0.25) is 10.0 Å². The average molecular weight is 311 g/mol. The molecule has 0 aliphatic carbocycles. The topological polar surface area (TPSA) is 34.9 Å². The number of hydrogen-bond acceptors (Lipinski definition) is 3. The van der Waals surface area contributed by atoms with Gasteiger partial charge in [-0.3, -0.25) is 9.36 Å². The average Bonchev–Trinajstić information content (AvgIpc) is 2.86. The summed E-state index contributed by atoms with van der Waals surface area (Å²) in [5.41, 5.74) is 1.61. The molecule has 0 radical (unpaired) electrons. The third-order valence-electron chi connectivity index (χ3n) is 2.77.